The van der Waals surface area contributed by atoms with E-state index in [4.69, 9.17) is 4.74 Å². The normalized spacial score (nSPS) is 10.2. The summed E-state index contributed by atoms with van der Waals surface area (Å²) in [6.45, 7) is 3.57. The molecule has 6 nitrogen and oxygen atoms in total. The van der Waals surface area contributed by atoms with Crippen molar-refractivity contribution < 1.29 is 14.5 Å². The van der Waals surface area contributed by atoms with Crippen LogP contribution in [0.3, 0.4) is 0 Å². The number of amides is 1. The van der Waals surface area contributed by atoms with Crippen LogP contribution in [0.1, 0.15) is 18.1 Å². The van der Waals surface area contributed by atoms with Crippen molar-refractivity contribution in [3.05, 3.63) is 63.7 Å². The van der Waals surface area contributed by atoms with Crippen LogP contribution in [0.25, 0.3) is 0 Å². The minimum atomic E-state index is -0.520. The fourth-order valence-corrected chi connectivity index (χ4v) is 2.09. The monoisotopic (exact) mass is 314 g/mol. The average Bonchev–Trinajstić information content (AvgIpc) is 2.54. The van der Waals surface area contributed by atoms with E-state index < -0.39 is 10.8 Å². The van der Waals surface area contributed by atoms with Crippen LogP contribution in [0.15, 0.2) is 42.5 Å². The quantitative estimate of drug-likeness (QED) is 0.653. The molecular weight excluding hydrogens is 296 g/mol. The SMILES string of the molecule is CCc1cccc(OCC(=O)Nc2ccc(C)cc2[N+](=O)[O-])c1. The first-order chi connectivity index (χ1) is 11.0. The minimum absolute atomic E-state index is 0.133. The number of anilines is 1. The molecule has 0 heterocycles. The zero-order chi connectivity index (χ0) is 16.8. The van der Waals surface area contributed by atoms with E-state index in [0.717, 1.165) is 17.5 Å². The summed E-state index contributed by atoms with van der Waals surface area (Å²) in [4.78, 5) is 22.4. The van der Waals surface area contributed by atoms with Crippen LogP contribution in [0.2, 0.25) is 0 Å². The second-order valence-corrected chi connectivity index (χ2v) is 5.12. The molecule has 0 aliphatic heterocycles. The molecule has 120 valence electrons. The smallest absolute Gasteiger partial charge is 0.293 e. The van der Waals surface area contributed by atoms with Gasteiger partial charge in [0.15, 0.2) is 6.61 Å². The van der Waals surface area contributed by atoms with Crippen molar-refractivity contribution in [2.75, 3.05) is 11.9 Å². The van der Waals surface area contributed by atoms with E-state index in [9.17, 15) is 14.9 Å². The molecule has 0 aliphatic rings. The molecule has 0 spiro atoms. The van der Waals surface area contributed by atoms with E-state index in [0.29, 0.717) is 5.75 Å². The fourth-order valence-electron chi connectivity index (χ4n) is 2.09. The van der Waals surface area contributed by atoms with E-state index in [1.807, 2.05) is 25.1 Å². The van der Waals surface area contributed by atoms with Crippen LogP contribution < -0.4 is 10.1 Å². The van der Waals surface area contributed by atoms with Crippen LogP contribution in [0.4, 0.5) is 11.4 Å². The maximum absolute atomic E-state index is 11.9. The zero-order valence-corrected chi connectivity index (χ0v) is 13.0. The number of nitrogens with one attached hydrogen (secondary N) is 1. The average molecular weight is 314 g/mol. The highest BCUT2D eigenvalue weighted by atomic mass is 16.6. The maximum atomic E-state index is 11.9. The van der Waals surface area contributed by atoms with Crippen LogP contribution >= 0.6 is 0 Å². The van der Waals surface area contributed by atoms with E-state index in [1.54, 1.807) is 19.1 Å². The Morgan fingerprint density at radius 2 is 2.04 bits per heavy atom. The first kappa shape index (κ1) is 16.5. The summed E-state index contributed by atoms with van der Waals surface area (Å²) in [5.41, 5.74) is 1.89. The van der Waals surface area contributed by atoms with Crippen molar-refractivity contribution in [3.63, 3.8) is 0 Å². The maximum Gasteiger partial charge on any atom is 0.293 e. The molecule has 0 atom stereocenters. The summed E-state index contributed by atoms with van der Waals surface area (Å²) in [5, 5.41) is 13.5. The molecule has 0 bridgehead atoms. The summed E-state index contributed by atoms with van der Waals surface area (Å²) in [6.07, 6.45) is 0.874. The fraction of sp³-hybridized carbons (Fsp3) is 0.235. The zero-order valence-electron chi connectivity index (χ0n) is 13.0. The molecule has 0 unspecified atom stereocenters. The Kier molecular flexibility index (Phi) is 5.30. The van der Waals surface area contributed by atoms with Gasteiger partial charge >= 0.3 is 0 Å². The second kappa shape index (κ2) is 7.40. The van der Waals surface area contributed by atoms with Gasteiger partial charge in [0.25, 0.3) is 11.6 Å². The molecule has 0 aliphatic carbocycles. The number of ether oxygens (including phenoxy) is 1. The third-order valence-electron chi connectivity index (χ3n) is 3.30. The lowest BCUT2D eigenvalue weighted by molar-refractivity contribution is -0.384. The summed E-state index contributed by atoms with van der Waals surface area (Å²) in [7, 11) is 0. The van der Waals surface area contributed by atoms with Crippen LogP contribution in [-0.4, -0.2) is 17.4 Å². The molecule has 6 heteroatoms. The van der Waals surface area contributed by atoms with Gasteiger partial charge in [0.1, 0.15) is 11.4 Å². The van der Waals surface area contributed by atoms with Gasteiger partial charge in [-0.1, -0.05) is 25.1 Å². The van der Waals surface area contributed by atoms with Crippen molar-refractivity contribution in [2.24, 2.45) is 0 Å². The summed E-state index contributed by atoms with van der Waals surface area (Å²) < 4.78 is 5.42. The first-order valence-electron chi connectivity index (χ1n) is 7.26. The lowest BCUT2D eigenvalue weighted by Gasteiger charge is -2.09. The van der Waals surface area contributed by atoms with Gasteiger partial charge in [-0.2, -0.15) is 0 Å². The molecule has 1 N–H and O–H groups in total. The summed E-state index contributed by atoms with van der Waals surface area (Å²) in [5.74, 6) is 0.150. The second-order valence-electron chi connectivity index (χ2n) is 5.12. The molecule has 0 saturated heterocycles. The molecule has 2 rings (SSSR count). The van der Waals surface area contributed by atoms with Gasteiger partial charge in [-0.3, -0.25) is 14.9 Å². The van der Waals surface area contributed by atoms with Crippen LogP contribution in [0, 0.1) is 17.0 Å². The van der Waals surface area contributed by atoms with E-state index in [1.165, 1.54) is 12.1 Å². The number of carbonyl (C=O) groups is 1. The number of aryl methyl sites for hydroxylation is 2. The third kappa shape index (κ3) is 4.54. The minimum Gasteiger partial charge on any atom is -0.484 e. The predicted octanol–water partition coefficient (Wildman–Crippen LogP) is 3.48. The van der Waals surface area contributed by atoms with Gasteiger partial charge in [-0.05, 0) is 42.7 Å². The third-order valence-corrected chi connectivity index (χ3v) is 3.30. The lowest BCUT2D eigenvalue weighted by Crippen LogP contribution is -2.20. The van der Waals surface area contributed by atoms with Gasteiger partial charge in [0.2, 0.25) is 0 Å². The number of nitro groups is 1. The Morgan fingerprint density at radius 3 is 2.74 bits per heavy atom. The highest BCUT2D eigenvalue weighted by Gasteiger charge is 2.16. The predicted molar refractivity (Wildman–Crippen MR) is 87.8 cm³/mol. The van der Waals surface area contributed by atoms with Gasteiger partial charge < -0.3 is 10.1 Å². The number of hydrogen-bond donors (Lipinski definition) is 1. The number of nitrogens with zero attached hydrogens (tertiary/aromatic N) is 1. The lowest BCUT2D eigenvalue weighted by atomic mass is 10.2. The topological polar surface area (TPSA) is 81.5 Å². The molecule has 23 heavy (non-hydrogen) atoms. The Balaban J connectivity index is 2.01. The molecule has 0 fully saturated rings. The molecule has 0 aromatic heterocycles. The van der Waals surface area contributed by atoms with Crippen LogP contribution in [-0.2, 0) is 11.2 Å². The summed E-state index contributed by atoms with van der Waals surface area (Å²) >= 11 is 0. The largest absolute Gasteiger partial charge is 0.484 e. The molecule has 0 saturated carbocycles. The van der Waals surface area contributed by atoms with E-state index >= 15 is 0 Å². The Hall–Kier alpha value is -2.89. The Bertz CT molecular complexity index is 728. The van der Waals surface area contributed by atoms with Gasteiger partial charge in [-0.25, -0.2) is 0 Å². The van der Waals surface area contributed by atoms with E-state index in [2.05, 4.69) is 5.32 Å². The Labute approximate surface area is 134 Å². The molecule has 1 amide bonds. The van der Waals surface area contributed by atoms with Crippen molar-refractivity contribution in [3.8, 4) is 5.75 Å². The van der Waals surface area contributed by atoms with Gasteiger partial charge in [0, 0.05) is 6.07 Å². The van der Waals surface area contributed by atoms with Crippen molar-refractivity contribution >= 4 is 17.3 Å². The molecule has 2 aromatic carbocycles. The van der Waals surface area contributed by atoms with Crippen LogP contribution in [0.5, 0.6) is 5.75 Å². The van der Waals surface area contributed by atoms with Gasteiger partial charge in [-0.15, -0.1) is 0 Å². The number of nitro benzene ring substituents is 1. The number of hydrogen-bond acceptors (Lipinski definition) is 4. The molecule has 0 radical (unpaired) electrons. The van der Waals surface area contributed by atoms with Crippen molar-refractivity contribution in [1.29, 1.82) is 0 Å². The van der Waals surface area contributed by atoms with E-state index in [-0.39, 0.29) is 18.0 Å². The standard InChI is InChI=1S/C17H18N2O4/c1-3-13-5-4-6-14(10-13)23-11-17(20)18-15-8-7-12(2)9-16(15)19(21)22/h4-10H,3,11H2,1-2H3,(H,18,20). The van der Waals surface area contributed by atoms with Crippen molar-refractivity contribution in [1.82, 2.24) is 0 Å². The summed E-state index contributed by atoms with van der Waals surface area (Å²) in [6, 6.07) is 12.1. The molecular formula is C17H18N2O4. The Morgan fingerprint density at radius 1 is 1.26 bits per heavy atom. The molecule has 2 aromatic rings. The first-order valence-corrected chi connectivity index (χ1v) is 7.26. The highest BCUT2D eigenvalue weighted by molar-refractivity contribution is 5.94. The number of benzene rings is 2. The number of carbonyl (C=O) groups excluding carboxylic acids is 1. The number of rotatable bonds is 6. The van der Waals surface area contributed by atoms with Gasteiger partial charge in [0.05, 0.1) is 4.92 Å². The van der Waals surface area contributed by atoms with Crippen molar-refractivity contribution in [2.45, 2.75) is 20.3 Å². The highest BCUT2D eigenvalue weighted by Crippen LogP contribution is 2.25.